The molecule has 0 aliphatic carbocycles. The highest BCUT2D eigenvalue weighted by Gasteiger charge is 2.21. The minimum atomic E-state index is 0.0438. The lowest BCUT2D eigenvalue weighted by Gasteiger charge is -2.34. The van der Waals surface area contributed by atoms with Crippen molar-refractivity contribution in [3.05, 3.63) is 65.5 Å². The van der Waals surface area contributed by atoms with Gasteiger partial charge in [-0.15, -0.1) is 0 Å². The molecule has 5 nitrogen and oxygen atoms in total. The van der Waals surface area contributed by atoms with E-state index in [-0.39, 0.29) is 18.1 Å². The Kier molecular flexibility index (Phi) is 6.71. The van der Waals surface area contributed by atoms with Crippen molar-refractivity contribution in [1.82, 2.24) is 14.8 Å². The summed E-state index contributed by atoms with van der Waals surface area (Å²) in [7, 11) is 0. The second-order valence-electron chi connectivity index (χ2n) is 6.99. The maximum absolute atomic E-state index is 12.4. The number of nitrogens with zero attached hydrogens (tertiary/aromatic N) is 3. The molecular weight excluding hydrogens is 338 g/mol. The molecular formula is C22H27N3O2. The lowest BCUT2D eigenvalue weighted by molar-refractivity contribution is -0.132. The number of benzene rings is 1. The molecule has 5 heteroatoms. The standard InChI is InChI=1S/C22H27N3O2/c1-2-18-3-5-20(6-4-18)21(26)7-8-22(27)25-15-13-24(14-16-25)17-19-9-11-23-12-10-19/h3-6,9-12H,2,7-8,13-17H2,1H3. The van der Waals surface area contributed by atoms with Crippen LogP contribution >= 0.6 is 0 Å². The summed E-state index contributed by atoms with van der Waals surface area (Å²) in [4.78, 5) is 33.0. The normalized spacial score (nSPS) is 14.9. The molecule has 3 rings (SSSR count). The number of amides is 1. The zero-order valence-electron chi connectivity index (χ0n) is 15.9. The van der Waals surface area contributed by atoms with Crippen molar-refractivity contribution in [2.45, 2.75) is 32.7 Å². The van der Waals surface area contributed by atoms with Gasteiger partial charge in [-0.1, -0.05) is 31.2 Å². The van der Waals surface area contributed by atoms with Crippen LogP contribution in [0, 0.1) is 0 Å². The molecule has 0 atom stereocenters. The van der Waals surface area contributed by atoms with E-state index < -0.39 is 0 Å². The molecule has 1 amide bonds. The number of hydrogen-bond donors (Lipinski definition) is 0. The molecule has 2 heterocycles. The summed E-state index contributed by atoms with van der Waals surface area (Å²) in [6.45, 7) is 6.15. The van der Waals surface area contributed by atoms with Gasteiger partial charge in [0.1, 0.15) is 0 Å². The van der Waals surface area contributed by atoms with Gasteiger partial charge in [-0.25, -0.2) is 0 Å². The first kappa shape index (κ1) is 19.2. The average molecular weight is 365 g/mol. The van der Waals surface area contributed by atoms with Crippen LogP contribution in [-0.4, -0.2) is 52.7 Å². The number of piperazine rings is 1. The zero-order valence-corrected chi connectivity index (χ0v) is 15.9. The average Bonchev–Trinajstić information content (AvgIpc) is 2.73. The maximum Gasteiger partial charge on any atom is 0.223 e. The van der Waals surface area contributed by atoms with Gasteiger partial charge in [-0.05, 0) is 29.7 Å². The Morgan fingerprint density at radius 2 is 1.56 bits per heavy atom. The molecule has 1 aliphatic rings. The van der Waals surface area contributed by atoms with Crippen LogP contribution in [0.1, 0.15) is 41.3 Å². The molecule has 1 aliphatic heterocycles. The zero-order chi connectivity index (χ0) is 19.1. The van der Waals surface area contributed by atoms with Gasteiger partial charge in [0, 0.05) is 63.5 Å². The van der Waals surface area contributed by atoms with Crippen molar-refractivity contribution in [2.75, 3.05) is 26.2 Å². The lowest BCUT2D eigenvalue weighted by atomic mass is 10.0. The number of hydrogen-bond acceptors (Lipinski definition) is 4. The highest BCUT2D eigenvalue weighted by Crippen LogP contribution is 2.12. The number of rotatable bonds is 7. The summed E-state index contributed by atoms with van der Waals surface area (Å²) in [5.41, 5.74) is 3.15. The van der Waals surface area contributed by atoms with E-state index in [0.717, 1.165) is 39.1 Å². The molecule has 0 N–H and O–H groups in total. The second-order valence-corrected chi connectivity index (χ2v) is 6.99. The SMILES string of the molecule is CCc1ccc(C(=O)CCC(=O)N2CCN(Cc3ccncc3)CC2)cc1. The number of pyridine rings is 1. The van der Waals surface area contributed by atoms with Crippen molar-refractivity contribution in [1.29, 1.82) is 0 Å². The van der Waals surface area contributed by atoms with Crippen molar-refractivity contribution in [3.8, 4) is 0 Å². The quantitative estimate of drug-likeness (QED) is 0.708. The minimum absolute atomic E-state index is 0.0438. The molecule has 1 fully saturated rings. The van der Waals surface area contributed by atoms with Gasteiger partial charge in [0.15, 0.2) is 5.78 Å². The van der Waals surface area contributed by atoms with E-state index in [1.807, 2.05) is 53.7 Å². The first-order chi connectivity index (χ1) is 13.2. The Balaban J connectivity index is 1.42. The Morgan fingerprint density at radius 1 is 0.889 bits per heavy atom. The first-order valence-electron chi connectivity index (χ1n) is 9.67. The molecule has 1 aromatic heterocycles. The molecule has 1 aromatic carbocycles. The van der Waals surface area contributed by atoms with E-state index in [4.69, 9.17) is 0 Å². The van der Waals surface area contributed by atoms with Crippen molar-refractivity contribution >= 4 is 11.7 Å². The highest BCUT2D eigenvalue weighted by atomic mass is 16.2. The number of aryl methyl sites for hydroxylation is 1. The predicted molar refractivity (Wildman–Crippen MR) is 105 cm³/mol. The number of Topliss-reactive ketones (excluding diaryl/α,β-unsaturated/α-hetero) is 1. The van der Waals surface area contributed by atoms with Crippen LogP contribution in [0.15, 0.2) is 48.8 Å². The second kappa shape index (κ2) is 9.42. The molecule has 1 saturated heterocycles. The molecule has 0 spiro atoms. The van der Waals surface area contributed by atoms with Crippen LogP contribution in [-0.2, 0) is 17.8 Å². The van der Waals surface area contributed by atoms with Crippen molar-refractivity contribution in [3.63, 3.8) is 0 Å². The van der Waals surface area contributed by atoms with Crippen molar-refractivity contribution < 1.29 is 9.59 Å². The number of ketones is 1. The van der Waals surface area contributed by atoms with E-state index in [1.54, 1.807) is 0 Å². The van der Waals surface area contributed by atoms with Crippen LogP contribution in [0.2, 0.25) is 0 Å². The Bertz CT molecular complexity index is 751. The van der Waals surface area contributed by atoms with Gasteiger partial charge in [0.05, 0.1) is 0 Å². The summed E-state index contributed by atoms with van der Waals surface area (Å²) < 4.78 is 0. The van der Waals surface area contributed by atoms with Gasteiger partial charge in [-0.2, -0.15) is 0 Å². The van der Waals surface area contributed by atoms with E-state index in [1.165, 1.54) is 11.1 Å². The third-order valence-electron chi connectivity index (χ3n) is 5.13. The van der Waals surface area contributed by atoms with E-state index >= 15 is 0 Å². The molecule has 27 heavy (non-hydrogen) atoms. The molecule has 142 valence electrons. The fourth-order valence-electron chi connectivity index (χ4n) is 3.35. The Hall–Kier alpha value is -2.53. The topological polar surface area (TPSA) is 53.5 Å². The summed E-state index contributed by atoms with van der Waals surface area (Å²) >= 11 is 0. The van der Waals surface area contributed by atoms with Crippen LogP contribution in [0.5, 0.6) is 0 Å². The first-order valence-corrected chi connectivity index (χ1v) is 9.67. The van der Waals surface area contributed by atoms with Crippen LogP contribution in [0.25, 0.3) is 0 Å². The summed E-state index contributed by atoms with van der Waals surface area (Å²) in [6.07, 6.45) is 5.14. The van der Waals surface area contributed by atoms with E-state index in [9.17, 15) is 9.59 Å². The van der Waals surface area contributed by atoms with Gasteiger partial charge in [0.2, 0.25) is 5.91 Å². The molecule has 0 radical (unpaired) electrons. The third kappa shape index (κ3) is 5.47. The van der Waals surface area contributed by atoms with E-state index in [2.05, 4.69) is 16.8 Å². The predicted octanol–water partition coefficient (Wildman–Crippen LogP) is 2.95. The van der Waals surface area contributed by atoms with Crippen molar-refractivity contribution in [2.24, 2.45) is 0 Å². The van der Waals surface area contributed by atoms with Crippen LogP contribution in [0.4, 0.5) is 0 Å². The van der Waals surface area contributed by atoms with Crippen LogP contribution < -0.4 is 0 Å². The van der Waals surface area contributed by atoms with Gasteiger partial charge < -0.3 is 4.90 Å². The number of carbonyl (C=O) groups excluding carboxylic acids is 2. The van der Waals surface area contributed by atoms with Gasteiger partial charge >= 0.3 is 0 Å². The molecule has 0 bridgehead atoms. The smallest absolute Gasteiger partial charge is 0.223 e. The molecule has 2 aromatic rings. The fourth-order valence-corrected chi connectivity index (χ4v) is 3.35. The fraction of sp³-hybridized carbons (Fsp3) is 0.409. The maximum atomic E-state index is 12.4. The number of aromatic nitrogens is 1. The summed E-state index contributed by atoms with van der Waals surface area (Å²) in [5.74, 6) is 0.124. The summed E-state index contributed by atoms with van der Waals surface area (Å²) in [5, 5.41) is 0. The summed E-state index contributed by atoms with van der Waals surface area (Å²) in [6, 6.07) is 11.7. The van der Waals surface area contributed by atoms with E-state index in [0.29, 0.717) is 12.0 Å². The van der Waals surface area contributed by atoms with Gasteiger partial charge in [0.25, 0.3) is 0 Å². The Labute approximate surface area is 161 Å². The van der Waals surface area contributed by atoms with Crippen LogP contribution in [0.3, 0.4) is 0 Å². The number of carbonyl (C=O) groups is 2. The Morgan fingerprint density at radius 3 is 2.19 bits per heavy atom. The third-order valence-corrected chi connectivity index (χ3v) is 5.13. The molecule has 0 unspecified atom stereocenters. The highest BCUT2D eigenvalue weighted by molar-refractivity contribution is 5.98. The minimum Gasteiger partial charge on any atom is -0.340 e. The largest absolute Gasteiger partial charge is 0.340 e. The molecule has 0 saturated carbocycles. The van der Waals surface area contributed by atoms with Gasteiger partial charge in [-0.3, -0.25) is 19.5 Å². The lowest BCUT2D eigenvalue weighted by Crippen LogP contribution is -2.48. The monoisotopic (exact) mass is 365 g/mol.